The molecule has 4 aromatic rings. The zero-order valence-electron chi connectivity index (χ0n) is 18.4. The molecule has 2 N–H and O–H groups in total. The Bertz CT molecular complexity index is 1280. The summed E-state index contributed by atoms with van der Waals surface area (Å²) in [6.07, 6.45) is 6.96. The molecular weight excluding hydrogens is 416 g/mol. The summed E-state index contributed by atoms with van der Waals surface area (Å²) in [6.45, 7) is 2.26. The van der Waals surface area contributed by atoms with E-state index in [4.69, 9.17) is 4.74 Å². The standard InChI is InChI=1S/C26H24N4O3/c1-18-23(26(32)28-16-19-9-12-27-13-10-19)7-4-8-24(18)33-22-6-3-5-21(15-22)29-25(31)20-11-14-30(2)17-20/h3-15,17H,16H2,1-2H3,(H,28,32)(H,29,31). The van der Waals surface area contributed by atoms with Crippen molar-refractivity contribution in [2.75, 3.05) is 5.32 Å². The zero-order chi connectivity index (χ0) is 23.2. The minimum absolute atomic E-state index is 0.182. The normalized spacial score (nSPS) is 10.5. The van der Waals surface area contributed by atoms with E-state index in [9.17, 15) is 9.59 Å². The Morgan fingerprint density at radius 1 is 1.00 bits per heavy atom. The first-order valence-corrected chi connectivity index (χ1v) is 10.5. The number of hydrogen-bond acceptors (Lipinski definition) is 4. The Labute approximate surface area is 192 Å². The highest BCUT2D eigenvalue weighted by Gasteiger charge is 2.14. The van der Waals surface area contributed by atoms with Gasteiger partial charge in [0.2, 0.25) is 0 Å². The van der Waals surface area contributed by atoms with Gasteiger partial charge in [-0.05, 0) is 55.0 Å². The monoisotopic (exact) mass is 440 g/mol. The molecule has 0 aliphatic rings. The summed E-state index contributed by atoms with van der Waals surface area (Å²) < 4.78 is 7.87. The number of carbonyl (C=O) groups excluding carboxylic acids is 2. The molecule has 0 aliphatic carbocycles. The number of carbonyl (C=O) groups is 2. The highest BCUT2D eigenvalue weighted by Crippen LogP contribution is 2.29. The van der Waals surface area contributed by atoms with Gasteiger partial charge in [0.15, 0.2) is 0 Å². The number of amides is 2. The lowest BCUT2D eigenvalue weighted by molar-refractivity contribution is 0.0949. The number of anilines is 1. The van der Waals surface area contributed by atoms with Crippen molar-refractivity contribution >= 4 is 17.5 Å². The van der Waals surface area contributed by atoms with Gasteiger partial charge in [0.1, 0.15) is 11.5 Å². The molecule has 0 spiro atoms. The van der Waals surface area contributed by atoms with E-state index in [2.05, 4.69) is 15.6 Å². The summed E-state index contributed by atoms with van der Waals surface area (Å²) in [7, 11) is 1.86. The molecule has 7 nitrogen and oxygen atoms in total. The molecule has 0 atom stereocenters. The summed E-state index contributed by atoms with van der Waals surface area (Å²) in [4.78, 5) is 29.1. The third kappa shape index (κ3) is 5.46. The molecule has 7 heteroatoms. The van der Waals surface area contributed by atoms with Gasteiger partial charge >= 0.3 is 0 Å². The van der Waals surface area contributed by atoms with Crippen LogP contribution in [0.15, 0.2) is 85.5 Å². The molecule has 2 aromatic heterocycles. The number of nitrogens with zero attached hydrogens (tertiary/aromatic N) is 2. The molecule has 4 rings (SSSR count). The van der Waals surface area contributed by atoms with Gasteiger partial charge in [-0.1, -0.05) is 12.1 Å². The number of aryl methyl sites for hydroxylation is 1. The van der Waals surface area contributed by atoms with Crippen LogP contribution in [0.1, 0.15) is 31.8 Å². The second-order valence-electron chi connectivity index (χ2n) is 7.62. The van der Waals surface area contributed by atoms with Gasteiger partial charge in [-0.25, -0.2) is 0 Å². The Balaban J connectivity index is 1.45. The molecular formula is C26H24N4O3. The highest BCUT2D eigenvalue weighted by molar-refractivity contribution is 6.04. The average Bonchev–Trinajstić information content (AvgIpc) is 3.26. The first-order valence-electron chi connectivity index (χ1n) is 10.5. The van der Waals surface area contributed by atoms with Crippen molar-refractivity contribution in [2.45, 2.75) is 13.5 Å². The smallest absolute Gasteiger partial charge is 0.257 e. The molecule has 2 heterocycles. The van der Waals surface area contributed by atoms with Crippen LogP contribution in [0.25, 0.3) is 0 Å². The number of aromatic nitrogens is 2. The number of benzene rings is 2. The van der Waals surface area contributed by atoms with Gasteiger partial charge < -0.3 is 19.9 Å². The lowest BCUT2D eigenvalue weighted by Crippen LogP contribution is -2.23. The lowest BCUT2D eigenvalue weighted by atomic mass is 10.1. The largest absolute Gasteiger partial charge is 0.457 e. The van der Waals surface area contributed by atoms with Crippen molar-refractivity contribution in [1.82, 2.24) is 14.9 Å². The van der Waals surface area contributed by atoms with E-state index in [1.165, 1.54) is 0 Å². The topological polar surface area (TPSA) is 85.2 Å². The van der Waals surface area contributed by atoms with Gasteiger partial charge in [0.05, 0.1) is 5.56 Å². The van der Waals surface area contributed by atoms with Crippen LogP contribution < -0.4 is 15.4 Å². The number of nitrogens with one attached hydrogen (secondary N) is 2. The van der Waals surface area contributed by atoms with Crippen molar-refractivity contribution in [2.24, 2.45) is 7.05 Å². The number of rotatable bonds is 7. The Morgan fingerprint density at radius 3 is 2.55 bits per heavy atom. The predicted molar refractivity (Wildman–Crippen MR) is 126 cm³/mol. The van der Waals surface area contributed by atoms with E-state index >= 15 is 0 Å². The quantitative estimate of drug-likeness (QED) is 0.436. The van der Waals surface area contributed by atoms with E-state index < -0.39 is 0 Å². The van der Waals surface area contributed by atoms with E-state index in [1.807, 2.05) is 42.9 Å². The molecule has 0 radical (unpaired) electrons. The molecule has 166 valence electrons. The van der Waals surface area contributed by atoms with Gasteiger partial charge in [-0.2, -0.15) is 0 Å². The van der Waals surface area contributed by atoms with Crippen LogP contribution in [0.5, 0.6) is 11.5 Å². The fraction of sp³-hybridized carbons (Fsp3) is 0.115. The van der Waals surface area contributed by atoms with Crippen LogP contribution in [0.4, 0.5) is 5.69 Å². The Morgan fingerprint density at radius 2 is 1.79 bits per heavy atom. The molecule has 0 bridgehead atoms. The highest BCUT2D eigenvalue weighted by atomic mass is 16.5. The first-order chi connectivity index (χ1) is 16.0. The SMILES string of the molecule is Cc1c(Oc2cccc(NC(=O)c3ccn(C)c3)c2)cccc1C(=O)NCc1ccncc1. The van der Waals surface area contributed by atoms with E-state index in [0.717, 1.165) is 11.1 Å². The maximum Gasteiger partial charge on any atom is 0.257 e. The summed E-state index contributed by atoms with van der Waals surface area (Å²) in [5.41, 5.74) is 3.42. The molecule has 0 unspecified atom stereocenters. The minimum atomic E-state index is -0.197. The number of ether oxygens (including phenoxy) is 1. The molecule has 0 aliphatic heterocycles. The minimum Gasteiger partial charge on any atom is -0.457 e. The molecule has 0 saturated carbocycles. The van der Waals surface area contributed by atoms with Crippen molar-refractivity contribution in [3.05, 3.63) is 108 Å². The van der Waals surface area contributed by atoms with Crippen LogP contribution >= 0.6 is 0 Å². The second kappa shape index (κ2) is 9.82. The number of hydrogen-bond donors (Lipinski definition) is 2. The van der Waals surface area contributed by atoms with Gasteiger partial charge in [0, 0.05) is 61.3 Å². The van der Waals surface area contributed by atoms with Crippen LogP contribution in [0.2, 0.25) is 0 Å². The maximum absolute atomic E-state index is 12.7. The third-order valence-corrected chi connectivity index (χ3v) is 5.15. The summed E-state index contributed by atoms with van der Waals surface area (Å²) in [5.74, 6) is 0.742. The van der Waals surface area contributed by atoms with Crippen LogP contribution in [-0.4, -0.2) is 21.4 Å². The van der Waals surface area contributed by atoms with Crippen molar-refractivity contribution in [1.29, 1.82) is 0 Å². The maximum atomic E-state index is 12.7. The second-order valence-corrected chi connectivity index (χ2v) is 7.62. The predicted octanol–water partition coefficient (Wildman–Crippen LogP) is 4.70. The van der Waals surface area contributed by atoms with Crippen molar-refractivity contribution < 1.29 is 14.3 Å². The lowest BCUT2D eigenvalue weighted by Gasteiger charge is -2.13. The Kier molecular flexibility index (Phi) is 6.50. The van der Waals surface area contributed by atoms with E-state index in [1.54, 1.807) is 61.1 Å². The third-order valence-electron chi connectivity index (χ3n) is 5.15. The molecule has 0 saturated heterocycles. The summed E-state index contributed by atoms with van der Waals surface area (Å²) in [6, 6.07) is 18.0. The van der Waals surface area contributed by atoms with Gasteiger partial charge in [0.25, 0.3) is 11.8 Å². The molecule has 0 fully saturated rings. The molecule has 2 amide bonds. The van der Waals surface area contributed by atoms with Crippen molar-refractivity contribution in [3.63, 3.8) is 0 Å². The van der Waals surface area contributed by atoms with Gasteiger partial charge in [-0.15, -0.1) is 0 Å². The van der Waals surface area contributed by atoms with E-state index in [0.29, 0.717) is 34.9 Å². The van der Waals surface area contributed by atoms with Crippen LogP contribution in [0, 0.1) is 6.92 Å². The molecule has 33 heavy (non-hydrogen) atoms. The fourth-order valence-corrected chi connectivity index (χ4v) is 3.35. The molecule has 2 aromatic carbocycles. The van der Waals surface area contributed by atoms with Gasteiger partial charge in [-0.3, -0.25) is 14.6 Å². The average molecular weight is 441 g/mol. The van der Waals surface area contributed by atoms with Crippen LogP contribution in [-0.2, 0) is 13.6 Å². The van der Waals surface area contributed by atoms with E-state index in [-0.39, 0.29) is 11.8 Å². The summed E-state index contributed by atoms with van der Waals surface area (Å²) in [5, 5.41) is 5.80. The summed E-state index contributed by atoms with van der Waals surface area (Å²) >= 11 is 0. The van der Waals surface area contributed by atoms with Crippen molar-refractivity contribution in [3.8, 4) is 11.5 Å². The first kappa shape index (κ1) is 21.8. The fourth-order valence-electron chi connectivity index (χ4n) is 3.35. The number of pyridine rings is 1. The zero-order valence-corrected chi connectivity index (χ0v) is 18.4. The Hall–Kier alpha value is -4.39. The van der Waals surface area contributed by atoms with Crippen LogP contribution in [0.3, 0.4) is 0 Å².